The van der Waals surface area contributed by atoms with Gasteiger partial charge in [0.25, 0.3) is 5.91 Å². The average molecular weight is 364 g/mol. The van der Waals surface area contributed by atoms with Gasteiger partial charge in [0.05, 0.1) is 4.47 Å². The van der Waals surface area contributed by atoms with Gasteiger partial charge < -0.3 is 4.74 Å². The molecule has 0 unspecified atom stereocenters. The molecule has 0 aliphatic heterocycles. The van der Waals surface area contributed by atoms with Gasteiger partial charge in [-0.25, -0.2) is 5.43 Å². The molecule has 0 fully saturated rings. The third kappa shape index (κ3) is 5.32. The minimum absolute atomic E-state index is 0.0682. The topological polar surface area (TPSA) is 50.7 Å². The highest BCUT2D eigenvalue weighted by Crippen LogP contribution is 2.27. The van der Waals surface area contributed by atoms with E-state index in [4.69, 9.17) is 4.74 Å². The Bertz CT molecular complexity index is 422. The van der Waals surface area contributed by atoms with Gasteiger partial charge in [-0.05, 0) is 40.5 Å². The SMILES string of the molecule is CC/C=N\NC(=O)COc1ccc(Br)cc1Br. The van der Waals surface area contributed by atoms with E-state index in [-0.39, 0.29) is 12.5 Å². The molecule has 4 nitrogen and oxygen atoms in total. The smallest absolute Gasteiger partial charge is 0.277 e. The molecule has 17 heavy (non-hydrogen) atoms. The molecule has 0 saturated carbocycles. The molecule has 6 heteroatoms. The standard InChI is InChI=1S/C11H12Br2N2O2/c1-2-5-14-15-11(16)7-17-10-4-3-8(12)6-9(10)13/h3-6H,2,7H2,1H3,(H,15,16)/b14-5-. The summed E-state index contributed by atoms with van der Waals surface area (Å²) < 4.78 is 7.06. The van der Waals surface area contributed by atoms with E-state index in [9.17, 15) is 4.79 Å². The second kappa shape index (κ2) is 7.45. The van der Waals surface area contributed by atoms with E-state index in [1.54, 1.807) is 12.3 Å². The number of amides is 1. The number of nitrogens with zero attached hydrogens (tertiary/aromatic N) is 1. The highest BCUT2D eigenvalue weighted by Gasteiger charge is 2.05. The minimum atomic E-state index is -0.287. The molecule has 92 valence electrons. The first-order chi connectivity index (χ1) is 8.13. The summed E-state index contributed by atoms with van der Waals surface area (Å²) in [6.45, 7) is 1.87. The summed E-state index contributed by atoms with van der Waals surface area (Å²) in [7, 11) is 0. The van der Waals surface area contributed by atoms with E-state index in [1.807, 2.05) is 19.1 Å². The fourth-order valence-corrected chi connectivity index (χ4v) is 2.14. The summed E-state index contributed by atoms with van der Waals surface area (Å²) in [5.41, 5.74) is 2.37. The predicted octanol–water partition coefficient (Wildman–Crippen LogP) is 3.10. The lowest BCUT2D eigenvalue weighted by Gasteiger charge is -2.07. The van der Waals surface area contributed by atoms with Crippen molar-refractivity contribution in [2.24, 2.45) is 5.10 Å². The Morgan fingerprint density at radius 1 is 1.53 bits per heavy atom. The lowest BCUT2D eigenvalue weighted by atomic mass is 10.3. The molecule has 1 N–H and O–H groups in total. The molecular weight excluding hydrogens is 352 g/mol. The Balaban J connectivity index is 2.44. The maximum absolute atomic E-state index is 11.3. The van der Waals surface area contributed by atoms with Crippen LogP contribution in [0.5, 0.6) is 5.75 Å². The highest BCUT2D eigenvalue weighted by molar-refractivity contribution is 9.11. The number of carbonyl (C=O) groups is 1. The first-order valence-corrected chi connectivity index (χ1v) is 6.60. The van der Waals surface area contributed by atoms with Crippen molar-refractivity contribution >= 4 is 44.0 Å². The van der Waals surface area contributed by atoms with Gasteiger partial charge in [-0.2, -0.15) is 5.10 Å². The van der Waals surface area contributed by atoms with Crippen LogP contribution in [0.25, 0.3) is 0 Å². The lowest BCUT2D eigenvalue weighted by molar-refractivity contribution is -0.123. The van der Waals surface area contributed by atoms with Gasteiger partial charge in [0.1, 0.15) is 5.75 Å². The van der Waals surface area contributed by atoms with E-state index < -0.39 is 0 Å². The van der Waals surface area contributed by atoms with E-state index in [1.165, 1.54) is 0 Å². The van der Waals surface area contributed by atoms with Crippen LogP contribution >= 0.6 is 31.9 Å². The van der Waals surface area contributed by atoms with Crippen molar-refractivity contribution in [2.75, 3.05) is 6.61 Å². The second-order valence-corrected chi connectivity index (χ2v) is 4.89. The van der Waals surface area contributed by atoms with Crippen LogP contribution in [0.1, 0.15) is 13.3 Å². The Hall–Kier alpha value is -0.880. The van der Waals surface area contributed by atoms with Crippen LogP contribution < -0.4 is 10.2 Å². The molecule has 0 radical (unpaired) electrons. The van der Waals surface area contributed by atoms with E-state index >= 15 is 0 Å². The molecule has 0 atom stereocenters. The van der Waals surface area contributed by atoms with Gasteiger partial charge in [-0.3, -0.25) is 4.79 Å². The first kappa shape index (κ1) is 14.2. The predicted molar refractivity (Wildman–Crippen MR) is 74.3 cm³/mol. The number of carbonyl (C=O) groups excluding carboxylic acids is 1. The van der Waals surface area contributed by atoms with Crippen molar-refractivity contribution in [1.29, 1.82) is 0 Å². The van der Waals surface area contributed by atoms with Crippen LogP contribution in [-0.2, 0) is 4.79 Å². The Labute approximate surface area is 117 Å². The number of ether oxygens (including phenoxy) is 1. The van der Waals surface area contributed by atoms with E-state index in [0.717, 1.165) is 15.4 Å². The van der Waals surface area contributed by atoms with Gasteiger partial charge in [0.15, 0.2) is 6.61 Å². The first-order valence-electron chi connectivity index (χ1n) is 5.01. The van der Waals surface area contributed by atoms with Crippen LogP contribution in [0.4, 0.5) is 0 Å². The molecule has 0 aliphatic carbocycles. The summed E-state index contributed by atoms with van der Waals surface area (Å²) in [6, 6.07) is 5.46. The average Bonchev–Trinajstić information content (AvgIpc) is 2.28. The number of hydrogen-bond acceptors (Lipinski definition) is 3. The number of hydrazone groups is 1. The van der Waals surface area contributed by atoms with Gasteiger partial charge in [-0.15, -0.1) is 0 Å². The van der Waals surface area contributed by atoms with Crippen molar-refractivity contribution in [2.45, 2.75) is 13.3 Å². The van der Waals surface area contributed by atoms with Crippen molar-refractivity contribution < 1.29 is 9.53 Å². The molecule has 1 amide bonds. The van der Waals surface area contributed by atoms with Crippen molar-refractivity contribution in [3.63, 3.8) is 0 Å². The van der Waals surface area contributed by atoms with Crippen molar-refractivity contribution in [3.8, 4) is 5.75 Å². The molecule has 0 aliphatic rings. The summed E-state index contributed by atoms with van der Waals surface area (Å²) in [6.07, 6.45) is 2.40. The fourth-order valence-electron chi connectivity index (χ4n) is 0.977. The number of nitrogens with one attached hydrogen (secondary N) is 1. The fraction of sp³-hybridized carbons (Fsp3) is 0.273. The van der Waals surface area contributed by atoms with Crippen LogP contribution in [-0.4, -0.2) is 18.7 Å². The number of halogens is 2. The Morgan fingerprint density at radius 3 is 2.94 bits per heavy atom. The molecule has 0 aromatic heterocycles. The molecule has 1 aromatic rings. The summed E-state index contributed by atoms with van der Waals surface area (Å²) >= 11 is 6.68. The van der Waals surface area contributed by atoms with Crippen LogP contribution in [0, 0.1) is 0 Å². The molecule has 0 saturated heterocycles. The lowest BCUT2D eigenvalue weighted by Crippen LogP contribution is -2.24. The second-order valence-electron chi connectivity index (χ2n) is 3.12. The molecule has 0 spiro atoms. The quantitative estimate of drug-likeness (QED) is 0.645. The van der Waals surface area contributed by atoms with Crippen molar-refractivity contribution in [1.82, 2.24) is 5.43 Å². The molecular formula is C11H12Br2N2O2. The summed E-state index contributed by atoms with van der Waals surface area (Å²) in [4.78, 5) is 11.3. The number of benzene rings is 1. The van der Waals surface area contributed by atoms with E-state index in [0.29, 0.717) is 5.75 Å². The van der Waals surface area contributed by atoms with Gasteiger partial charge in [0, 0.05) is 10.7 Å². The van der Waals surface area contributed by atoms with Crippen LogP contribution in [0.2, 0.25) is 0 Å². The normalized spacial score (nSPS) is 10.5. The van der Waals surface area contributed by atoms with Gasteiger partial charge in [0.2, 0.25) is 0 Å². The Morgan fingerprint density at radius 2 is 2.29 bits per heavy atom. The largest absolute Gasteiger partial charge is 0.483 e. The zero-order chi connectivity index (χ0) is 12.7. The summed E-state index contributed by atoms with van der Waals surface area (Å²) in [5.74, 6) is 0.326. The summed E-state index contributed by atoms with van der Waals surface area (Å²) in [5, 5.41) is 3.71. The zero-order valence-electron chi connectivity index (χ0n) is 9.24. The Kier molecular flexibility index (Phi) is 6.21. The van der Waals surface area contributed by atoms with Crippen LogP contribution in [0.15, 0.2) is 32.2 Å². The number of hydrogen-bond donors (Lipinski definition) is 1. The maximum atomic E-state index is 11.3. The van der Waals surface area contributed by atoms with Gasteiger partial charge >= 0.3 is 0 Å². The van der Waals surface area contributed by atoms with Crippen molar-refractivity contribution in [3.05, 3.63) is 27.1 Å². The highest BCUT2D eigenvalue weighted by atomic mass is 79.9. The third-order valence-electron chi connectivity index (χ3n) is 1.72. The number of rotatable bonds is 5. The maximum Gasteiger partial charge on any atom is 0.277 e. The minimum Gasteiger partial charge on any atom is -0.483 e. The molecule has 0 heterocycles. The molecule has 1 rings (SSSR count). The van der Waals surface area contributed by atoms with Crippen LogP contribution in [0.3, 0.4) is 0 Å². The van der Waals surface area contributed by atoms with E-state index in [2.05, 4.69) is 42.4 Å². The zero-order valence-corrected chi connectivity index (χ0v) is 12.4. The van der Waals surface area contributed by atoms with Gasteiger partial charge in [-0.1, -0.05) is 22.9 Å². The third-order valence-corrected chi connectivity index (χ3v) is 2.83. The monoisotopic (exact) mass is 362 g/mol. The molecule has 0 bridgehead atoms. The molecule has 1 aromatic carbocycles.